The predicted octanol–water partition coefficient (Wildman–Crippen LogP) is 0.550. The molecule has 0 aromatic heterocycles. The van der Waals surface area contributed by atoms with E-state index in [-0.39, 0.29) is 24.1 Å². The largest absolute Gasteiger partial charge is 0.394 e. The summed E-state index contributed by atoms with van der Waals surface area (Å²) in [7, 11) is 0. The van der Waals surface area contributed by atoms with Crippen molar-refractivity contribution in [2.24, 2.45) is 0 Å². The maximum absolute atomic E-state index is 11.8. The van der Waals surface area contributed by atoms with Gasteiger partial charge >= 0.3 is 0 Å². The van der Waals surface area contributed by atoms with Crippen LogP contribution < -0.4 is 10.6 Å². The number of hydrogen-bond acceptors (Lipinski definition) is 3. The van der Waals surface area contributed by atoms with E-state index in [0.29, 0.717) is 0 Å². The molecule has 1 aliphatic carbocycles. The number of nitrogens with one attached hydrogen (secondary N) is 2. The first-order valence-corrected chi connectivity index (χ1v) is 6.42. The highest BCUT2D eigenvalue weighted by Gasteiger charge is 2.36. The van der Waals surface area contributed by atoms with Crippen molar-refractivity contribution in [3.05, 3.63) is 0 Å². The van der Waals surface area contributed by atoms with Gasteiger partial charge in [0, 0.05) is 12.1 Å². The van der Waals surface area contributed by atoms with Gasteiger partial charge in [0.05, 0.1) is 12.6 Å². The minimum Gasteiger partial charge on any atom is -0.394 e. The second-order valence-corrected chi connectivity index (χ2v) is 5.13. The average Bonchev–Trinajstić information content (AvgIpc) is 2.67. The van der Waals surface area contributed by atoms with Crippen LogP contribution in [0.25, 0.3) is 0 Å². The molecule has 4 nitrogen and oxygen atoms in total. The summed E-state index contributed by atoms with van der Waals surface area (Å²) in [5.74, 6) is 0.109. The number of rotatable bonds is 3. The Hall–Kier alpha value is -0.610. The molecule has 1 amide bonds. The summed E-state index contributed by atoms with van der Waals surface area (Å²) in [6, 6.07) is -0.104. The van der Waals surface area contributed by atoms with Crippen LogP contribution in [0.15, 0.2) is 0 Å². The maximum Gasteiger partial charge on any atom is 0.237 e. The van der Waals surface area contributed by atoms with Gasteiger partial charge in [-0.3, -0.25) is 10.1 Å². The van der Waals surface area contributed by atoms with Crippen molar-refractivity contribution in [3.8, 4) is 0 Å². The Morgan fingerprint density at radius 2 is 2.06 bits per heavy atom. The highest BCUT2D eigenvalue weighted by Crippen LogP contribution is 2.30. The summed E-state index contributed by atoms with van der Waals surface area (Å²) < 4.78 is 0. The second kappa shape index (κ2) is 5.15. The Balaban J connectivity index is 1.97. The number of aliphatic hydroxyl groups is 1. The van der Waals surface area contributed by atoms with Crippen LogP contribution in [0.1, 0.15) is 44.9 Å². The number of carbonyl (C=O) groups excluding carboxylic acids is 1. The molecule has 16 heavy (non-hydrogen) atoms. The van der Waals surface area contributed by atoms with E-state index in [1.165, 1.54) is 0 Å². The van der Waals surface area contributed by atoms with Crippen LogP contribution >= 0.6 is 0 Å². The zero-order valence-corrected chi connectivity index (χ0v) is 9.80. The van der Waals surface area contributed by atoms with Gasteiger partial charge in [0.15, 0.2) is 0 Å². The van der Waals surface area contributed by atoms with Gasteiger partial charge in [-0.1, -0.05) is 12.8 Å². The van der Waals surface area contributed by atoms with Gasteiger partial charge in [0.1, 0.15) is 0 Å². The van der Waals surface area contributed by atoms with Crippen molar-refractivity contribution in [1.29, 1.82) is 0 Å². The molecule has 2 aliphatic rings. The fourth-order valence-electron chi connectivity index (χ4n) is 2.85. The first kappa shape index (κ1) is 11.9. The second-order valence-electron chi connectivity index (χ2n) is 5.13. The van der Waals surface area contributed by atoms with E-state index >= 15 is 0 Å². The summed E-state index contributed by atoms with van der Waals surface area (Å²) in [6.45, 7) is 0.944. The lowest BCUT2D eigenvalue weighted by molar-refractivity contribution is -0.123. The molecule has 2 fully saturated rings. The molecular formula is C12H22N2O2. The summed E-state index contributed by atoms with van der Waals surface area (Å²) in [4.78, 5) is 11.8. The molecule has 0 aromatic rings. The van der Waals surface area contributed by atoms with E-state index in [2.05, 4.69) is 10.6 Å². The van der Waals surface area contributed by atoms with Gasteiger partial charge in [-0.15, -0.1) is 0 Å². The molecule has 4 heteroatoms. The smallest absolute Gasteiger partial charge is 0.237 e. The SMILES string of the molecule is O=C1NCCCCC1NC1(CO)CCCC1. The van der Waals surface area contributed by atoms with E-state index in [0.717, 1.165) is 51.5 Å². The summed E-state index contributed by atoms with van der Waals surface area (Å²) >= 11 is 0. The summed E-state index contributed by atoms with van der Waals surface area (Å²) in [5, 5.41) is 15.8. The van der Waals surface area contributed by atoms with Crippen molar-refractivity contribution in [2.75, 3.05) is 13.2 Å². The molecule has 1 unspecified atom stereocenters. The molecule has 0 bridgehead atoms. The van der Waals surface area contributed by atoms with Crippen LogP contribution in [0.5, 0.6) is 0 Å². The number of hydrogen-bond donors (Lipinski definition) is 3. The Bertz CT molecular complexity index is 249. The fraction of sp³-hybridized carbons (Fsp3) is 0.917. The van der Waals surface area contributed by atoms with E-state index in [1.807, 2.05) is 0 Å². The molecule has 0 spiro atoms. The molecule has 1 heterocycles. The van der Waals surface area contributed by atoms with Crippen molar-refractivity contribution >= 4 is 5.91 Å². The van der Waals surface area contributed by atoms with Gasteiger partial charge in [-0.2, -0.15) is 0 Å². The molecule has 1 saturated heterocycles. The third-order valence-electron chi connectivity index (χ3n) is 3.88. The molecule has 1 saturated carbocycles. The van der Waals surface area contributed by atoms with Crippen molar-refractivity contribution in [1.82, 2.24) is 10.6 Å². The molecule has 92 valence electrons. The lowest BCUT2D eigenvalue weighted by Gasteiger charge is -2.32. The first-order chi connectivity index (χ1) is 7.76. The minimum absolute atomic E-state index is 0.104. The fourth-order valence-corrected chi connectivity index (χ4v) is 2.85. The van der Waals surface area contributed by atoms with Gasteiger partial charge in [0.2, 0.25) is 5.91 Å². The Labute approximate surface area is 96.8 Å². The topological polar surface area (TPSA) is 61.4 Å². The number of amides is 1. The Kier molecular flexibility index (Phi) is 3.82. The molecule has 1 atom stereocenters. The van der Waals surface area contributed by atoms with E-state index in [9.17, 15) is 9.90 Å². The lowest BCUT2D eigenvalue weighted by Crippen LogP contribution is -2.55. The highest BCUT2D eigenvalue weighted by molar-refractivity contribution is 5.82. The Morgan fingerprint density at radius 1 is 1.31 bits per heavy atom. The molecule has 3 N–H and O–H groups in total. The van der Waals surface area contributed by atoms with E-state index < -0.39 is 0 Å². The zero-order chi connectivity index (χ0) is 11.4. The van der Waals surface area contributed by atoms with Crippen LogP contribution in [-0.2, 0) is 4.79 Å². The van der Waals surface area contributed by atoms with Crippen LogP contribution in [0.4, 0.5) is 0 Å². The summed E-state index contributed by atoms with van der Waals surface area (Å²) in [6.07, 6.45) is 7.34. The minimum atomic E-state index is -0.188. The predicted molar refractivity (Wildman–Crippen MR) is 62.1 cm³/mol. The van der Waals surface area contributed by atoms with E-state index in [4.69, 9.17) is 0 Å². The normalized spacial score (nSPS) is 29.8. The Morgan fingerprint density at radius 3 is 2.75 bits per heavy atom. The van der Waals surface area contributed by atoms with Crippen LogP contribution in [-0.4, -0.2) is 35.7 Å². The number of aliphatic hydroxyl groups excluding tert-OH is 1. The monoisotopic (exact) mass is 226 g/mol. The lowest BCUT2D eigenvalue weighted by atomic mass is 9.96. The van der Waals surface area contributed by atoms with E-state index in [1.54, 1.807) is 0 Å². The van der Waals surface area contributed by atoms with Crippen molar-refractivity contribution in [2.45, 2.75) is 56.5 Å². The molecular weight excluding hydrogens is 204 g/mol. The quantitative estimate of drug-likeness (QED) is 0.658. The summed E-state index contributed by atoms with van der Waals surface area (Å²) in [5.41, 5.74) is -0.188. The van der Waals surface area contributed by atoms with Gasteiger partial charge in [0.25, 0.3) is 0 Å². The van der Waals surface area contributed by atoms with Crippen molar-refractivity contribution < 1.29 is 9.90 Å². The standard InChI is InChI=1S/C12H22N2O2/c15-9-12(6-2-3-7-12)14-10-5-1-4-8-13-11(10)16/h10,14-15H,1-9H2,(H,13,16). The van der Waals surface area contributed by atoms with Crippen molar-refractivity contribution in [3.63, 3.8) is 0 Å². The highest BCUT2D eigenvalue weighted by atomic mass is 16.3. The molecule has 1 aliphatic heterocycles. The molecule has 0 radical (unpaired) electrons. The third-order valence-corrected chi connectivity index (χ3v) is 3.88. The van der Waals surface area contributed by atoms with Gasteiger partial charge in [-0.05, 0) is 32.1 Å². The van der Waals surface area contributed by atoms with Gasteiger partial charge in [-0.25, -0.2) is 0 Å². The maximum atomic E-state index is 11.8. The molecule has 2 rings (SSSR count). The molecule has 0 aromatic carbocycles. The third kappa shape index (κ3) is 2.55. The van der Waals surface area contributed by atoms with Crippen LogP contribution in [0.3, 0.4) is 0 Å². The zero-order valence-electron chi connectivity index (χ0n) is 9.80. The van der Waals surface area contributed by atoms with Gasteiger partial charge < -0.3 is 10.4 Å². The number of carbonyl (C=O) groups is 1. The first-order valence-electron chi connectivity index (χ1n) is 6.42. The average molecular weight is 226 g/mol. The van der Waals surface area contributed by atoms with Crippen LogP contribution in [0, 0.1) is 0 Å². The van der Waals surface area contributed by atoms with Crippen LogP contribution in [0.2, 0.25) is 0 Å².